The molecule has 0 radical (unpaired) electrons. The first kappa shape index (κ1) is 14.2. The number of imidazole rings is 1. The van der Waals surface area contributed by atoms with Crippen molar-refractivity contribution in [3.05, 3.63) is 18.2 Å². The summed E-state index contributed by atoms with van der Waals surface area (Å²) in [6.07, 6.45) is 6.97. The van der Waals surface area contributed by atoms with E-state index in [2.05, 4.69) is 28.7 Å². The van der Waals surface area contributed by atoms with E-state index in [0.717, 1.165) is 44.8 Å². The molecule has 0 fully saturated rings. The molecule has 0 aliphatic rings. The second kappa shape index (κ2) is 8.25. The molecule has 0 saturated carbocycles. The van der Waals surface area contributed by atoms with Crippen molar-refractivity contribution >= 4 is 0 Å². The molecule has 1 atom stereocenters. The van der Waals surface area contributed by atoms with Gasteiger partial charge in [-0.05, 0) is 19.4 Å². The molecule has 0 spiro atoms. The van der Waals surface area contributed by atoms with E-state index in [-0.39, 0.29) is 0 Å². The molecule has 0 aliphatic heterocycles. The summed E-state index contributed by atoms with van der Waals surface area (Å²) in [5.74, 6) is 1.11. The minimum absolute atomic E-state index is 0.364. The van der Waals surface area contributed by atoms with Gasteiger partial charge in [-0.25, -0.2) is 4.98 Å². The summed E-state index contributed by atoms with van der Waals surface area (Å²) in [7, 11) is 2.03. The summed E-state index contributed by atoms with van der Waals surface area (Å²) in [5, 5.41) is 3.52. The van der Waals surface area contributed by atoms with Gasteiger partial charge in [-0.1, -0.05) is 13.8 Å². The molecule has 1 N–H and O–H groups in total. The lowest BCUT2D eigenvalue weighted by Gasteiger charge is -2.18. The summed E-state index contributed by atoms with van der Waals surface area (Å²) >= 11 is 0. The summed E-state index contributed by atoms with van der Waals surface area (Å²) in [6, 6.07) is 0.364. The van der Waals surface area contributed by atoms with Crippen LogP contribution >= 0.6 is 0 Å². The van der Waals surface area contributed by atoms with Crippen LogP contribution in [0.5, 0.6) is 0 Å². The largest absolute Gasteiger partial charge is 0.380 e. The van der Waals surface area contributed by atoms with Crippen LogP contribution in [0.1, 0.15) is 32.5 Å². The van der Waals surface area contributed by atoms with Gasteiger partial charge in [-0.3, -0.25) is 0 Å². The van der Waals surface area contributed by atoms with Gasteiger partial charge in [0.05, 0.1) is 6.61 Å². The van der Waals surface area contributed by atoms with Crippen LogP contribution in [0.4, 0.5) is 0 Å². The van der Waals surface area contributed by atoms with Gasteiger partial charge >= 0.3 is 0 Å². The zero-order valence-corrected chi connectivity index (χ0v) is 11.3. The maximum atomic E-state index is 5.63. The minimum Gasteiger partial charge on any atom is -0.380 e. The predicted octanol–water partition coefficient (Wildman–Crippen LogP) is 1.76. The standard InChI is InChI=1S/C13H25N3O/c1-4-6-14-12(11-17-9-5-2)10-13-15-7-8-16(13)3/h7-8,12,14H,4-6,9-11H2,1-3H3. The Morgan fingerprint density at radius 1 is 1.41 bits per heavy atom. The normalized spacial score (nSPS) is 12.9. The van der Waals surface area contributed by atoms with E-state index in [4.69, 9.17) is 4.74 Å². The van der Waals surface area contributed by atoms with Gasteiger partial charge in [0, 0.05) is 38.5 Å². The van der Waals surface area contributed by atoms with Crippen molar-refractivity contribution in [3.8, 4) is 0 Å². The van der Waals surface area contributed by atoms with Gasteiger partial charge in [-0.2, -0.15) is 0 Å². The fraction of sp³-hybridized carbons (Fsp3) is 0.769. The van der Waals surface area contributed by atoms with Crippen LogP contribution < -0.4 is 5.32 Å². The number of hydrogen-bond donors (Lipinski definition) is 1. The number of aryl methyl sites for hydroxylation is 1. The maximum Gasteiger partial charge on any atom is 0.110 e. The van der Waals surface area contributed by atoms with Crippen LogP contribution in [0.3, 0.4) is 0 Å². The number of hydrogen-bond acceptors (Lipinski definition) is 3. The van der Waals surface area contributed by atoms with Gasteiger partial charge in [-0.15, -0.1) is 0 Å². The monoisotopic (exact) mass is 239 g/mol. The smallest absolute Gasteiger partial charge is 0.110 e. The first-order valence-electron chi connectivity index (χ1n) is 6.55. The van der Waals surface area contributed by atoms with Crippen molar-refractivity contribution in [1.29, 1.82) is 0 Å². The Morgan fingerprint density at radius 3 is 2.82 bits per heavy atom. The van der Waals surface area contributed by atoms with Gasteiger partial charge in [0.2, 0.25) is 0 Å². The zero-order chi connectivity index (χ0) is 12.5. The minimum atomic E-state index is 0.364. The van der Waals surface area contributed by atoms with E-state index in [1.54, 1.807) is 0 Å². The Hall–Kier alpha value is -0.870. The van der Waals surface area contributed by atoms with Crippen LogP contribution in [0.2, 0.25) is 0 Å². The van der Waals surface area contributed by atoms with Gasteiger partial charge in [0.15, 0.2) is 0 Å². The molecule has 0 saturated heterocycles. The summed E-state index contributed by atoms with van der Waals surface area (Å²) in [4.78, 5) is 4.36. The number of aromatic nitrogens is 2. The van der Waals surface area contributed by atoms with Crippen molar-refractivity contribution in [2.75, 3.05) is 19.8 Å². The number of ether oxygens (including phenoxy) is 1. The number of nitrogens with zero attached hydrogens (tertiary/aromatic N) is 2. The van der Waals surface area contributed by atoms with Crippen molar-refractivity contribution in [2.24, 2.45) is 7.05 Å². The predicted molar refractivity (Wildman–Crippen MR) is 70.1 cm³/mol. The number of rotatable bonds is 9. The van der Waals surface area contributed by atoms with Gasteiger partial charge < -0.3 is 14.6 Å². The molecule has 4 heteroatoms. The molecule has 1 aromatic rings. The first-order valence-corrected chi connectivity index (χ1v) is 6.55. The molecule has 1 aromatic heterocycles. The molecule has 0 aromatic carbocycles. The van der Waals surface area contributed by atoms with E-state index < -0.39 is 0 Å². The van der Waals surface area contributed by atoms with Crippen molar-refractivity contribution in [1.82, 2.24) is 14.9 Å². The lowest BCUT2D eigenvalue weighted by molar-refractivity contribution is 0.111. The highest BCUT2D eigenvalue weighted by molar-refractivity contribution is 4.94. The average molecular weight is 239 g/mol. The molecule has 1 rings (SSSR count). The van der Waals surface area contributed by atoms with E-state index in [9.17, 15) is 0 Å². The third kappa shape index (κ3) is 5.33. The van der Waals surface area contributed by atoms with E-state index >= 15 is 0 Å². The Labute approximate surface area is 104 Å². The molecule has 98 valence electrons. The van der Waals surface area contributed by atoms with Gasteiger partial charge in [0.25, 0.3) is 0 Å². The lowest BCUT2D eigenvalue weighted by Crippen LogP contribution is -2.36. The lowest BCUT2D eigenvalue weighted by atomic mass is 10.2. The van der Waals surface area contributed by atoms with Gasteiger partial charge in [0.1, 0.15) is 5.82 Å². The molecule has 1 unspecified atom stereocenters. The highest BCUT2D eigenvalue weighted by Crippen LogP contribution is 2.01. The van der Waals surface area contributed by atoms with E-state index in [0.29, 0.717) is 6.04 Å². The van der Waals surface area contributed by atoms with E-state index in [1.807, 2.05) is 19.4 Å². The van der Waals surface area contributed by atoms with Crippen LogP contribution in [-0.2, 0) is 18.2 Å². The Bertz CT molecular complexity index is 299. The van der Waals surface area contributed by atoms with E-state index in [1.165, 1.54) is 0 Å². The zero-order valence-electron chi connectivity index (χ0n) is 11.3. The third-order valence-electron chi connectivity index (χ3n) is 2.70. The molecular formula is C13H25N3O. The summed E-state index contributed by atoms with van der Waals surface area (Å²) < 4.78 is 7.70. The fourth-order valence-corrected chi connectivity index (χ4v) is 1.72. The van der Waals surface area contributed by atoms with Crippen LogP contribution in [0.25, 0.3) is 0 Å². The molecule has 1 heterocycles. The topological polar surface area (TPSA) is 39.1 Å². The third-order valence-corrected chi connectivity index (χ3v) is 2.70. The average Bonchev–Trinajstić information content (AvgIpc) is 2.72. The highest BCUT2D eigenvalue weighted by atomic mass is 16.5. The Balaban J connectivity index is 2.42. The molecule has 0 amide bonds. The summed E-state index contributed by atoms with van der Waals surface area (Å²) in [6.45, 7) is 6.95. The number of nitrogens with one attached hydrogen (secondary N) is 1. The maximum absolute atomic E-state index is 5.63. The van der Waals surface area contributed by atoms with Crippen LogP contribution in [0, 0.1) is 0 Å². The van der Waals surface area contributed by atoms with Crippen molar-refractivity contribution < 1.29 is 4.74 Å². The molecule has 17 heavy (non-hydrogen) atoms. The van der Waals surface area contributed by atoms with Crippen LogP contribution in [-0.4, -0.2) is 35.4 Å². The molecular weight excluding hydrogens is 214 g/mol. The van der Waals surface area contributed by atoms with Crippen molar-refractivity contribution in [2.45, 2.75) is 39.2 Å². The first-order chi connectivity index (χ1) is 8.27. The van der Waals surface area contributed by atoms with Crippen LogP contribution in [0.15, 0.2) is 12.4 Å². The Morgan fingerprint density at radius 2 is 2.24 bits per heavy atom. The fourth-order valence-electron chi connectivity index (χ4n) is 1.72. The SMILES string of the molecule is CCCNC(COCCC)Cc1nccn1C. The quantitative estimate of drug-likeness (QED) is 0.667. The second-order valence-corrected chi connectivity index (χ2v) is 4.38. The Kier molecular flexibility index (Phi) is 6.89. The van der Waals surface area contributed by atoms with Crippen molar-refractivity contribution in [3.63, 3.8) is 0 Å². The second-order valence-electron chi connectivity index (χ2n) is 4.38. The molecule has 0 aliphatic carbocycles. The summed E-state index contributed by atoms with van der Waals surface area (Å²) in [5.41, 5.74) is 0. The molecule has 0 bridgehead atoms. The molecule has 4 nitrogen and oxygen atoms in total. The highest BCUT2D eigenvalue weighted by Gasteiger charge is 2.11.